The third kappa shape index (κ3) is 3.66. The molecule has 1 N–H and O–H groups in total. The van der Waals surface area contributed by atoms with Gasteiger partial charge < -0.3 is 4.74 Å². The van der Waals surface area contributed by atoms with Crippen molar-refractivity contribution in [3.8, 4) is 0 Å². The molecule has 1 unspecified atom stereocenters. The summed E-state index contributed by atoms with van der Waals surface area (Å²) in [7, 11) is 1.28. The summed E-state index contributed by atoms with van der Waals surface area (Å²) >= 11 is -2.37. The van der Waals surface area contributed by atoms with Gasteiger partial charge in [-0.2, -0.15) is 0 Å². The number of ether oxygens (including phenoxy) is 1. The number of anilines is 1. The molecule has 0 aliphatic rings. The minimum Gasteiger partial charge on any atom is -0.465 e. The van der Waals surface area contributed by atoms with E-state index in [0.717, 1.165) is 15.1 Å². The van der Waals surface area contributed by atoms with Gasteiger partial charge in [0.25, 0.3) is 11.3 Å². The lowest BCUT2D eigenvalue weighted by Gasteiger charge is -2.19. The van der Waals surface area contributed by atoms with Crippen LogP contribution in [0.3, 0.4) is 0 Å². The maximum absolute atomic E-state index is 12.3. The summed E-state index contributed by atoms with van der Waals surface area (Å²) < 4.78 is 27.9. The van der Waals surface area contributed by atoms with Crippen LogP contribution in [0.15, 0.2) is 79.0 Å². The highest BCUT2D eigenvalue weighted by atomic mass is 32.2. The first-order valence-corrected chi connectivity index (χ1v) is 8.91. The van der Waals surface area contributed by atoms with Crippen molar-refractivity contribution >= 4 is 39.3 Å². The van der Waals surface area contributed by atoms with Crippen molar-refractivity contribution < 1.29 is 18.3 Å². The Kier molecular flexibility index (Phi) is 5.46. The summed E-state index contributed by atoms with van der Waals surface area (Å²) in [5.41, 5.74) is 1.29. The molecule has 0 bridgehead atoms. The first-order valence-electron chi connectivity index (χ1n) is 7.85. The van der Waals surface area contributed by atoms with Crippen LogP contribution in [0.1, 0.15) is 5.56 Å². The van der Waals surface area contributed by atoms with Crippen molar-refractivity contribution in [3.63, 3.8) is 0 Å². The summed E-state index contributed by atoms with van der Waals surface area (Å²) in [5.74, 6) is -0.591. The predicted octanol–water partition coefficient (Wildman–Crippen LogP) is 4.00. The normalized spacial score (nSPS) is 12.6. The van der Waals surface area contributed by atoms with Crippen molar-refractivity contribution in [1.29, 1.82) is 0 Å². The topological polar surface area (TPSA) is 66.8 Å². The Hall–Kier alpha value is -2.96. The van der Waals surface area contributed by atoms with Gasteiger partial charge in [0.15, 0.2) is 0 Å². The first kappa shape index (κ1) is 17.8. The Morgan fingerprint density at radius 1 is 1.00 bits per heavy atom. The zero-order chi connectivity index (χ0) is 18.5. The molecule has 0 fully saturated rings. The minimum absolute atomic E-state index is 0.184. The van der Waals surface area contributed by atoms with Crippen LogP contribution in [0, 0.1) is 0 Å². The molecule has 3 aromatic rings. The molecule has 0 amide bonds. The fourth-order valence-electron chi connectivity index (χ4n) is 2.69. The molecule has 3 rings (SSSR count). The van der Waals surface area contributed by atoms with E-state index >= 15 is 0 Å². The second kappa shape index (κ2) is 7.95. The standard InChI is InChI=1S/C20H17NO4S/c1-25-20(22)18(16-8-3-2-4-9-16)14-21(26(23)24)19-13-7-11-15-10-5-6-12-17(15)19/h2-14H,1H3,(H,23,24). The summed E-state index contributed by atoms with van der Waals surface area (Å²) in [5, 5.41) is 1.72. The van der Waals surface area contributed by atoms with E-state index in [1.54, 1.807) is 36.4 Å². The van der Waals surface area contributed by atoms with Crippen LogP contribution in [0.25, 0.3) is 16.3 Å². The highest BCUT2D eigenvalue weighted by molar-refractivity contribution is 7.80. The van der Waals surface area contributed by atoms with Crippen molar-refractivity contribution in [1.82, 2.24) is 0 Å². The zero-order valence-corrected chi connectivity index (χ0v) is 14.8. The Bertz CT molecular complexity index is 980. The molecule has 0 saturated heterocycles. The van der Waals surface area contributed by atoms with E-state index in [9.17, 15) is 13.6 Å². The highest BCUT2D eigenvalue weighted by Crippen LogP contribution is 2.29. The number of esters is 1. The van der Waals surface area contributed by atoms with E-state index in [1.165, 1.54) is 13.3 Å². The summed E-state index contributed by atoms with van der Waals surface area (Å²) in [6, 6.07) is 21.8. The largest absolute Gasteiger partial charge is 0.465 e. The number of methoxy groups -OCH3 is 1. The lowest BCUT2D eigenvalue weighted by atomic mass is 10.1. The zero-order valence-electron chi connectivity index (χ0n) is 14.0. The van der Waals surface area contributed by atoms with E-state index in [2.05, 4.69) is 0 Å². The van der Waals surface area contributed by atoms with Gasteiger partial charge in [0.2, 0.25) is 0 Å². The molecule has 0 spiro atoms. The molecular formula is C20H17NO4S. The van der Waals surface area contributed by atoms with Crippen LogP contribution in [-0.4, -0.2) is 21.8 Å². The Morgan fingerprint density at radius 3 is 2.35 bits per heavy atom. The number of carbonyl (C=O) groups is 1. The number of nitrogens with zero attached hydrogens (tertiary/aromatic N) is 1. The van der Waals surface area contributed by atoms with Gasteiger partial charge in [-0.25, -0.2) is 13.3 Å². The number of carbonyl (C=O) groups excluding carboxylic acids is 1. The molecule has 1 atom stereocenters. The molecular weight excluding hydrogens is 350 g/mol. The SMILES string of the molecule is COC(=O)C(=CN(c1cccc2ccccc12)S(=O)O)c1ccccc1. The number of hydrogen-bond donors (Lipinski definition) is 1. The van der Waals surface area contributed by atoms with E-state index in [0.29, 0.717) is 11.3 Å². The van der Waals surface area contributed by atoms with Gasteiger partial charge in [-0.15, -0.1) is 0 Å². The highest BCUT2D eigenvalue weighted by Gasteiger charge is 2.19. The average molecular weight is 367 g/mol. The fraction of sp³-hybridized carbons (Fsp3) is 0.0500. The second-order valence-corrected chi connectivity index (χ2v) is 6.31. The van der Waals surface area contributed by atoms with E-state index in [1.807, 2.05) is 36.4 Å². The number of benzene rings is 3. The van der Waals surface area contributed by atoms with Gasteiger partial charge in [0, 0.05) is 11.6 Å². The molecule has 26 heavy (non-hydrogen) atoms. The smallest absolute Gasteiger partial charge is 0.340 e. The number of fused-ring (bicyclic) bond motifs is 1. The Morgan fingerprint density at radius 2 is 1.65 bits per heavy atom. The fourth-order valence-corrected chi connectivity index (χ4v) is 3.21. The van der Waals surface area contributed by atoms with Gasteiger partial charge in [0.05, 0.1) is 18.4 Å². The summed E-state index contributed by atoms with van der Waals surface area (Å²) in [6.07, 6.45) is 1.35. The van der Waals surface area contributed by atoms with Crippen molar-refractivity contribution in [3.05, 3.63) is 84.6 Å². The minimum atomic E-state index is -2.37. The maximum Gasteiger partial charge on any atom is 0.340 e. The first-order chi connectivity index (χ1) is 12.6. The predicted molar refractivity (Wildman–Crippen MR) is 104 cm³/mol. The van der Waals surface area contributed by atoms with E-state index < -0.39 is 17.2 Å². The van der Waals surface area contributed by atoms with Gasteiger partial charge in [-0.1, -0.05) is 66.7 Å². The molecule has 0 aliphatic carbocycles. The average Bonchev–Trinajstić information content (AvgIpc) is 2.68. The monoisotopic (exact) mass is 367 g/mol. The summed E-state index contributed by atoms with van der Waals surface area (Å²) in [4.78, 5) is 12.3. The lowest BCUT2D eigenvalue weighted by Crippen LogP contribution is -2.21. The van der Waals surface area contributed by atoms with Crippen LogP contribution >= 0.6 is 0 Å². The van der Waals surface area contributed by atoms with Crippen molar-refractivity contribution in [2.45, 2.75) is 0 Å². The molecule has 0 aromatic heterocycles. The number of hydrogen-bond acceptors (Lipinski definition) is 3. The van der Waals surface area contributed by atoms with Gasteiger partial charge in [-0.3, -0.25) is 4.55 Å². The van der Waals surface area contributed by atoms with Gasteiger partial charge in [0.1, 0.15) is 0 Å². The lowest BCUT2D eigenvalue weighted by molar-refractivity contribution is -0.133. The molecule has 0 saturated carbocycles. The van der Waals surface area contributed by atoms with E-state index in [-0.39, 0.29) is 5.57 Å². The van der Waals surface area contributed by atoms with Crippen LogP contribution in [-0.2, 0) is 20.8 Å². The molecule has 0 aliphatic heterocycles. The molecule has 0 heterocycles. The van der Waals surface area contributed by atoms with E-state index in [4.69, 9.17) is 4.74 Å². The molecule has 5 nitrogen and oxygen atoms in total. The Balaban J connectivity index is 2.19. The quantitative estimate of drug-likeness (QED) is 0.421. The third-order valence-electron chi connectivity index (χ3n) is 3.91. The second-order valence-electron chi connectivity index (χ2n) is 5.46. The van der Waals surface area contributed by atoms with Gasteiger partial charge >= 0.3 is 5.97 Å². The van der Waals surface area contributed by atoms with Crippen LogP contribution in [0.2, 0.25) is 0 Å². The summed E-state index contributed by atoms with van der Waals surface area (Å²) in [6.45, 7) is 0. The van der Waals surface area contributed by atoms with Gasteiger partial charge in [-0.05, 0) is 17.0 Å². The molecule has 132 valence electrons. The molecule has 6 heteroatoms. The van der Waals surface area contributed by atoms with Crippen molar-refractivity contribution in [2.75, 3.05) is 11.4 Å². The maximum atomic E-state index is 12.3. The van der Waals surface area contributed by atoms with Crippen LogP contribution < -0.4 is 4.31 Å². The molecule has 3 aromatic carbocycles. The Labute approximate surface area is 153 Å². The van der Waals surface area contributed by atoms with Crippen molar-refractivity contribution in [2.24, 2.45) is 0 Å². The molecule has 0 radical (unpaired) electrons. The van der Waals surface area contributed by atoms with Crippen LogP contribution in [0.4, 0.5) is 5.69 Å². The van der Waals surface area contributed by atoms with Crippen LogP contribution in [0.5, 0.6) is 0 Å². The third-order valence-corrected chi connectivity index (χ3v) is 4.55. The number of rotatable bonds is 5.